The average molecular weight is 484 g/mol. The van der Waals surface area contributed by atoms with Crippen LogP contribution in [-0.4, -0.2) is 53.4 Å². The fraction of sp³-hybridized carbons (Fsp3) is 0.345. The summed E-state index contributed by atoms with van der Waals surface area (Å²) in [6, 6.07) is 14.1. The number of aromatic nitrogens is 3. The average Bonchev–Trinajstić information content (AvgIpc) is 3.52. The molecule has 2 fully saturated rings. The van der Waals surface area contributed by atoms with Crippen LogP contribution >= 0.6 is 0 Å². The number of allylic oxidation sites excluding steroid dienone is 6. The van der Waals surface area contributed by atoms with Crippen molar-refractivity contribution in [3.63, 3.8) is 0 Å². The van der Waals surface area contributed by atoms with Crippen LogP contribution in [0, 0.1) is 0 Å². The Morgan fingerprint density at radius 2 is 1.94 bits per heavy atom. The topological polar surface area (TPSA) is 63.0 Å². The number of carbonyl (C=O) groups is 1. The molecule has 0 aliphatic carbocycles. The van der Waals surface area contributed by atoms with Gasteiger partial charge in [-0.3, -0.25) is 9.69 Å². The summed E-state index contributed by atoms with van der Waals surface area (Å²) in [5, 5.41) is 4.95. The summed E-state index contributed by atoms with van der Waals surface area (Å²) >= 11 is 0. The van der Waals surface area contributed by atoms with E-state index in [0.717, 1.165) is 54.2 Å². The Hall–Kier alpha value is -3.71. The van der Waals surface area contributed by atoms with E-state index in [2.05, 4.69) is 36.1 Å². The molecule has 3 aromatic rings. The molecule has 186 valence electrons. The van der Waals surface area contributed by atoms with E-state index in [1.54, 1.807) is 0 Å². The molecule has 5 rings (SSSR count). The first kappa shape index (κ1) is 24.0. The number of ether oxygens (including phenoxy) is 1. The van der Waals surface area contributed by atoms with Crippen molar-refractivity contribution >= 4 is 28.8 Å². The van der Waals surface area contributed by atoms with Crippen LogP contribution in [0.3, 0.4) is 0 Å². The Labute approximate surface area is 212 Å². The van der Waals surface area contributed by atoms with Crippen LogP contribution in [0.25, 0.3) is 11.2 Å². The molecular formula is C29H33N5O2. The van der Waals surface area contributed by atoms with Crippen molar-refractivity contribution in [3.8, 4) is 0 Å². The molecule has 1 amide bonds. The van der Waals surface area contributed by atoms with E-state index in [4.69, 9.17) is 14.8 Å². The smallest absolute Gasteiger partial charge is 0.235 e. The van der Waals surface area contributed by atoms with E-state index in [1.807, 2.05) is 64.9 Å². The van der Waals surface area contributed by atoms with Crippen LogP contribution in [0.1, 0.15) is 43.9 Å². The first-order valence-corrected chi connectivity index (χ1v) is 12.8. The molecule has 0 radical (unpaired) electrons. The second-order valence-corrected chi connectivity index (χ2v) is 9.07. The van der Waals surface area contributed by atoms with Gasteiger partial charge in [0.15, 0.2) is 5.65 Å². The molecule has 4 heterocycles. The van der Waals surface area contributed by atoms with E-state index >= 15 is 0 Å². The van der Waals surface area contributed by atoms with Gasteiger partial charge in [0.05, 0.1) is 24.8 Å². The zero-order valence-electron chi connectivity index (χ0n) is 21.0. The molecule has 2 aromatic heterocycles. The molecular weight excluding hydrogens is 450 g/mol. The van der Waals surface area contributed by atoms with Gasteiger partial charge in [-0.25, -0.2) is 4.98 Å². The predicted molar refractivity (Wildman–Crippen MR) is 144 cm³/mol. The highest BCUT2D eigenvalue weighted by atomic mass is 16.5. The number of amides is 1. The molecule has 1 unspecified atom stereocenters. The number of anilines is 2. The van der Waals surface area contributed by atoms with Gasteiger partial charge in [-0.05, 0) is 25.3 Å². The van der Waals surface area contributed by atoms with Crippen LogP contribution in [0.4, 0.5) is 11.6 Å². The second kappa shape index (κ2) is 10.9. The lowest BCUT2D eigenvalue weighted by Gasteiger charge is -2.29. The highest BCUT2D eigenvalue weighted by molar-refractivity contribution is 6.00. The number of morpholine rings is 1. The number of rotatable bonds is 7. The van der Waals surface area contributed by atoms with Crippen molar-refractivity contribution in [2.45, 2.75) is 32.6 Å². The van der Waals surface area contributed by atoms with Crippen LogP contribution < -0.4 is 9.80 Å². The Morgan fingerprint density at radius 1 is 1.14 bits per heavy atom. The predicted octanol–water partition coefficient (Wildman–Crippen LogP) is 5.01. The minimum absolute atomic E-state index is 0.102. The van der Waals surface area contributed by atoms with Crippen molar-refractivity contribution in [3.05, 3.63) is 84.1 Å². The van der Waals surface area contributed by atoms with E-state index in [0.29, 0.717) is 25.6 Å². The molecule has 36 heavy (non-hydrogen) atoms. The summed E-state index contributed by atoms with van der Waals surface area (Å²) in [7, 11) is 0. The van der Waals surface area contributed by atoms with E-state index in [1.165, 1.54) is 0 Å². The van der Waals surface area contributed by atoms with E-state index in [-0.39, 0.29) is 11.8 Å². The Bertz CT molecular complexity index is 1300. The van der Waals surface area contributed by atoms with Crippen LogP contribution in [0.15, 0.2) is 72.8 Å². The molecule has 7 nitrogen and oxygen atoms in total. The molecule has 1 atom stereocenters. The summed E-state index contributed by atoms with van der Waals surface area (Å²) in [5.41, 5.74) is 3.66. The summed E-state index contributed by atoms with van der Waals surface area (Å²) in [6.45, 7) is 7.64. The summed E-state index contributed by atoms with van der Waals surface area (Å²) in [6.07, 6.45) is 12.1. The van der Waals surface area contributed by atoms with E-state index in [9.17, 15) is 4.79 Å². The largest absolute Gasteiger partial charge is 0.378 e. The standard InChI is InChI=1S/C29H33N5O2/c1-3-5-7-13-23(10-4-2)25-20-27-30-26(21-28(34(27)31-25)32-16-18-36-19-17-32)33-15-14-24(29(33)35)22-11-8-6-9-12-22/h4-13,20-21,24H,3,14-19H2,1-2H3/b7-5+,10-4-,23-13+. The van der Waals surface area contributed by atoms with Gasteiger partial charge >= 0.3 is 0 Å². The van der Waals surface area contributed by atoms with Crippen molar-refractivity contribution in [1.82, 2.24) is 14.6 Å². The summed E-state index contributed by atoms with van der Waals surface area (Å²) in [4.78, 5) is 22.5. The van der Waals surface area contributed by atoms with Gasteiger partial charge in [-0.15, -0.1) is 0 Å². The first-order chi connectivity index (χ1) is 17.7. The molecule has 7 heteroatoms. The normalized spacial score (nSPS) is 19.4. The molecule has 1 aromatic carbocycles. The number of carbonyl (C=O) groups excluding carboxylic acids is 1. The lowest BCUT2D eigenvalue weighted by Crippen LogP contribution is -2.38. The third-order valence-electron chi connectivity index (χ3n) is 6.70. The minimum Gasteiger partial charge on any atom is -0.378 e. The molecule has 0 bridgehead atoms. The lowest BCUT2D eigenvalue weighted by atomic mass is 9.98. The van der Waals surface area contributed by atoms with Crippen molar-refractivity contribution < 1.29 is 9.53 Å². The van der Waals surface area contributed by atoms with Crippen LogP contribution in [-0.2, 0) is 9.53 Å². The van der Waals surface area contributed by atoms with Crippen LogP contribution in [0.2, 0.25) is 0 Å². The van der Waals surface area contributed by atoms with Gasteiger partial charge < -0.3 is 9.64 Å². The maximum atomic E-state index is 13.5. The highest BCUT2D eigenvalue weighted by Gasteiger charge is 2.35. The minimum atomic E-state index is -0.133. The maximum absolute atomic E-state index is 13.5. The third-order valence-corrected chi connectivity index (χ3v) is 6.70. The highest BCUT2D eigenvalue weighted by Crippen LogP contribution is 2.33. The van der Waals surface area contributed by atoms with Gasteiger partial charge in [0.2, 0.25) is 5.91 Å². The molecule has 0 saturated carbocycles. The summed E-state index contributed by atoms with van der Waals surface area (Å²) in [5.74, 6) is 1.58. The zero-order valence-corrected chi connectivity index (χ0v) is 21.0. The fourth-order valence-electron chi connectivity index (χ4n) is 4.86. The molecule has 2 saturated heterocycles. The number of nitrogens with zero attached hydrogens (tertiary/aromatic N) is 5. The number of hydrogen-bond donors (Lipinski definition) is 0. The quantitative estimate of drug-likeness (QED) is 0.442. The van der Waals surface area contributed by atoms with Crippen molar-refractivity contribution in [2.24, 2.45) is 0 Å². The molecule has 0 spiro atoms. The fourth-order valence-corrected chi connectivity index (χ4v) is 4.86. The van der Waals surface area contributed by atoms with Crippen molar-refractivity contribution in [1.29, 1.82) is 0 Å². The summed E-state index contributed by atoms with van der Waals surface area (Å²) < 4.78 is 7.50. The number of hydrogen-bond acceptors (Lipinski definition) is 5. The number of fused-ring (bicyclic) bond motifs is 1. The van der Waals surface area contributed by atoms with E-state index < -0.39 is 0 Å². The number of benzene rings is 1. The van der Waals surface area contributed by atoms with Gasteiger partial charge in [-0.1, -0.05) is 67.6 Å². The Morgan fingerprint density at radius 3 is 2.69 bits per heavy atom. The SMILES string of the molecule is C\C=C/C(=C\C=C\CC)c1cc2nc(N3CCC(c4ccccc4)C3=O)cc(N3CCOCC3)n2n1. The molecule has 0 N–H and O–H groups in total. The van der Waals surface area contributed by atoms with Gasteiger partial charge in [0.1, 0.15) is 11.6 Å². The lowest BCUT2D eigenvalue weighted by molar-refractivity contribution is -0.118. The molecule has 2 aliphatic rings. The maximum Gasteiger partial charge on any atom is 0.235 e. The first-order valence-electron chi connectivity index (χ1n) is 12.8. The Kier molecular flexibility index (Phi) is 7.28. The van der Waals surface area contributed by atoms with Gasteiger partial charge in [0.25, 0.3) is 0 Å². The van der Waals surface area contributed by atoms with Gasteiger partial charge in [-0.2, -0.15) is 9.61 Å². The zero-order chi connectivity index (χ0) is 24.9. The van der Waals surface area contributed by atoms with Crippen LogP contribution in [0.5, 0.6) is 0 Å². The second-order valence-electron chi connectivity index (χ2n) is 9.07. The van der Waals surface area contributed by atoms with Gasteiger partial charge in [0, 0.05) is 37.3 Å². The third kappa shape index (κ3) is 4.84. The monoisotopic (exact) mass is 483 g/mol. The van der Waals surface area contributed by atoms with Crippen molar-refractivity contribution in [2.75, 3.05) is 42.6 Å². The Balaban J connectivity index is 1.57. The molecule has 2 aliphatic heterocycles.